The van der Waals surface area contributed by atoms with Crippen LogP contribution in [0.3, 0.4) is 0 Å². The molecule has 5 rings (SSSR count). The molecular weight excluding hydrogens is 428 g/mol. The first-order chi connectivity index (χ1) is 16.6. The van der Waals surface area contributed by atoms with E-state index in [1.807, 2.05) is 73.7 Å². The van der Waals surface area contributed by atoms with Crippen molar-refractivity contribution in [3.8, 4) is 22.9 Å². The number of carbonyl (C=O) groups excluding carboxylic acids is 2. The maximum atomic E-state index is 13.0. The lowest BCUT2D eigenvalue weighted by Crippen LogP contribution is -2.50. The first-order valence-electron chi connectivity index (χ1n) is 11.2. The molecule has 0 unspecified atom stereocenters. The highest BCUT2D eigenvalue weighted by Crippen LogP contribution is 2.25. The highest BCUT2D eigenvalue weighted by atomic mass is 16.4. The Kier molecular flexibility index (Phi) is 5.91. The van der Waals surface area contributed by atoms with Gasteiger partial charge in [-0.15, -0.1) is 10.2 Å². The van der Waals surface area contributed by atoms with Crippen molar-refractivity contribution >= 4 is 11.8 Å². The van der Waals surface area contributed by atoms with Crippen LogP contribution in [0.2, 0.25) is 0 Å². The molecule has 0 aliphatic carbocycles. The number of hydrogen-bond donors (Lipinski definition) is 0. The third kappa shape index (κ3) is 4.45. The van der Waals surface area contributed by atoms with E-state index < -0.39 is 0 Å². The Labute approximate surface area is 197 Å². The van der Waals surface area contributed by atoms with Crippen molar-refractivity contribution in [1.82, 2.24) is 20.0 Å². The van der Waals surface area contributed by atoms with E-state index in [1.165, 1.54) is 0 Å². The number of aromatic nitrogens is 2. The van der Waals surface area contributed by atoms with Gasteiger partial charge in [-0.2, -0.15) is 0 Å². The van der Waals surface area contributed by atoms with Gasteiger partial charge in [0.2, 0.25) is 11.8 Å². The van der Waals surface area contributed by atoms with Crippen molar-refractivity contribution in [2.24, 2.45) is 0 Å². The second-order valence-electron chi connectivity index (χ2n) is 8.31. The summed E-state index contributed by atoms with van der Waals surface area (Å²) in [5.41, 5.74) is 4.00. The van der Waals surface area contributed by atoms with Crippen molar-refractivity contribution < 1.29 is 14.0 Å². The Bertz CT molecular complexity index is 1310. The predicted molar refractivity (Wildman–Crippen MR) is 128 cm³/mol. The highest BCUT2D eigenvalue weighted by Gasteiger charge is 2.25. The van der Waals surface area contributed by atoms with Crippen LogP contribution in [0.15, 0.2) is 83.3 Å². The Hall–Kier alpha value is -4.26. The van der Waals surface area contributed by atoms with Gasteiger partial charge in [0.05, 0.1) is 0 Å². The average molecular weight is 453 g/mol. The van der Waals surface area contributed by atoms with Crippen molar-refractivity contribution in [3.63, 3.8) is 0 Å². The smallest absolute Gasteiger partial charge is 0.253 e. The third-order valence-electron chi connectivity index (χ3n) is 5.94. The number of amides is 2. The van der Waals surface area contributed by atoms with Crippen LogP contribution in [0, 0.1) is 6.92 Å². The summed E-state index contributed by atoms with van der Waals surface area (Å²) in [7, 11) is 0. The van der Waals surface area contributed by atoms with E-state index in [4.69, 9.17) is 4.42 Å². The summed E-state index contributed by atoms with van der Waals surface area (Å²) in [6, 6.07) is 24.3. The van der Waals surface area contributed by atoms with Crippen molar-refractivity contribution in [1.29, 1.82) is 0 Å². The predicted octanol–water partition coefficient (Wildman–Crippen LogP) is 4.31. The molecule has 170 valence electrons. The van der Waals surface area contributed by atoms with Crippen LogP contribution in [-0.4, -0.2) is 58.0 Å². The summed E-state index contributed by atoms with van der Waals surface area (Å²) in [5, 5.41) is 8.31. The minimum Gasteiger partial charge on any atom is -0.416 e. The lowest BCUT2D eigenvalue weighted by atomic mass is 10.1. The number of hydrogen-bond acceptors (Lipinski definition) is 5. The number of carbonyl (C=O) groups is 2. The minimum absolute atomic E-state index is 0.00152. The van der Waals surface area contributed by atoms with Crippen LogP contribution < -0.4 is 0 Å². The standard InChI is InChI=1S/C27H24N4O3/c1-19-6-5-9-23(18-19)25-29-28-24(34-25)20-10-12-22(13-11-20)27(33)31-16-14-30(15-17-31)26(32)21-7-3-2-4-8-21/h2-13,18H,14-17H2,1H3. The van der Waals surface area contributed by atoms with Crippen LogP contribution in [0.25, 0.3) is 22.9 Å². The molecule has 4 aromatic rings. The maximum absolute atomic E-state index is 13.0. The molecular formula is C27H24N4O3. The molecule has 34 heavy (non-hydrogen) atoms. The second kappa shape index (κ2) is 9.31. The van der Waals surface area contributed by atoms with Crippen LogP contribution >= 0.6 is 0 Å². The lowest BCUT2D eigenvalue weighted by molar-refractivity contribution is 0.0535. The van der Waals surface area contributed by atoms with Crippen molar-refractivity contribution in [2.45, 2.75) is 6.92 Å². The molecule has 1 aliphatic heterocycles. The van der Waals surface area contributed by atoms with E-state index in [1.54, 1.807) is 21.9 Å². The van der Waals surface area contributed by atoms with E-state index >= 15 is 0 Å². The van der Waals surface area contributed by atoms with Gasteiger partial charge in [0.25, 0.3) is 11.8 Å². The van der Waals surface area contributed by atoms with Gasteiger partial charge in [-0.25, -0.2) is 0 Å². The Morgan fingerprint density at radius 1 is 0.676 bits per heavy atom. The molecule has 0 bridgehead atoms. The van der Waals surface area contributed by atoms with Gasteiger partial charge in [-0.3, -0.25) is 9.59 Å². The Balaban J connectivity index is 1.22. The van der Waals surface area contributed by atoms with E-state index in [2.05, 4.69) is 10.2 Å². The molecule has 0 radical (unpaired) electrons. The molecule has 0 saturated carbocycles. The fourth-order valence-electron chi connectivity index (χ4n) is 4.05. The molecule has 2 amide bonds. The fourth-order valence-corrected chi connectivity index (χ4v) is 4.05. The zero-order valence-electron chi connectivity index (χ0n) is 18.8. The summed E-state index contributed by atoms with van der Waals surface area (Å²) in [6.07, 6.45) is 0. The van der Waals surface area contributed by atoms with Gasteiger partial charge in [0.1, 0.15) is 0 Å². The number of nitrogens with zero attached hydrogens (tertiary/aromatic N) is 4. The number of rotatable bonds is 4. The van der Waals surface area contributed by atoms with E-state index in [0.29, 0.717) is 49.1 Å². The summed E-state index contributed by atoms with van der Waals surface area (Å²) in [5.74, 6) is 0.816. The largest absolute Gasteiger partial charge is 0.416 e. The van der Waals surface area contributed by atoms with Crippen LogP contribution in [0.4, 0.5) is 0 Å². The molecule has 0 atom stereocenters. The van der Waals surface area contributed by atoms with Crippen molar-refractivity contribution in [3.05, 3.63) is 95.6 Å². The maximum Gasteiger partial charge on any atom is 0.253 e. The molecule has 1 aliphatic rings. The molecule has 0 N–H and O–H groups in total. The quantitative estimate of drug-likeness (QED) is 0.461. The second-order valence-corrected chi connectivity index (χ2v) is 8.31. The Morgan fingerprint density at radius 3 is 1.82 bits per heavy atom. The topological polar surface area (TPSA) is 79.5 Å². The van der Waals surface area contributed by atoms with Gasteiger partial charge in [0, 0.05) is 48.4 Å². The van der Waals surface area contributed by atoms with Crippen LogP contribution in [0.5, 0.6) is 0 Å². The molecule has 2 heterocycles. The van der Waals surface area contributed by atoms with Crippen LogP contribution in [-0.2, 0) is 0 Å². The van der Waals surface area contributed by atoms with E-state index in [9.17, 15) is 9.59 Å². The molecule has 7 heteroatoms. The zero-order valence-corrected chi connectivity index (χ0v) is 18.8. The minimum atomic E-state index is -0.0515. The number of piperazine rings is 1. The molecule has 0 spiro atoms. The van der Waals surface area contributed by atoms with Crippen LogP contribution in [0.1, 0.15) is 26.3 Å². The van der Waals surface area contributed by atoms with Gasteiger partial charge < -0.3 is 14.2 Å². The van der Waals surface area contributed by atoms with E-state index in [-0.39, 0.29) is 11.8 Å². The third-order valence-corrected chi connectivity index (χ3v) is 5.94. The van der Waals surface area contributed by atoms with Gasteiger partial charge in [0.15, 0.2) is 0 Å². The Morgan fingerprint density at radius 2 is 1.24 bits per heavy atom. The summed E-state index contributed by atoms with van der Waals surface area (Å²) < 4.78 is 5.84. The van der Waals surface area contributed by atoms with Crippen molar-refractivity contribution in [2.75, 3.05) is 26.2 Å². The van der Waals surface area contributed by atoms with Gasteiger partial charge in [-0.1, -0.05) is 35.9 Å². The average Bonchev–Trinajstić information content (AvgIpc) is 3.39. The highest BCUT2D eigenvalue weighted by molar-refractivity contribution is 5.96. The first kappa shape index (κ1) is 21.6. The molecule has 1 aromatic heterocycles. The molecule has 3 aromatic carbocycles. The summed E-state index contributed by atoms with van der Waals surface area (Å²) in [6.45, 7) is 4.05. The fraction of sp³-hybridized carbons (Fsp3) is 0.185. The monoisotopic (exact) mass is 452 g/mol. The van der Waals surface area contributed by atoms with E-state index in [0.717, 1.165) is 16.7 Å². The molecule has 1 saturated heterocycles. The summed E-state index contributed by atoms with van der Waals surface area (Å²) >= 11 is 0. The summed E-state index contributed by atoms with van der Waals surface area (Å²) in [4.78, 5) is 29.2. The van der Waals surface area contributed by atoms with Gasteiger partial charge >= 0.3 is 0 Å². The molecule has 7 nitrogen and oxygen atoms in total. The lowest BCUT2D eigenvalue weighted by Gasteiger charge is -2.34. The SMILES string of the molecule is Cc1cccc(-c2nnc(-c3ccc(C(=O)N4CCN(C(=O)c5ccccc5)CC4)cc3)o2)c1. The first-order valence-corrected chi connectivity index (χ1v) is 11.2. The normalized spacial score (nSPS) is 13.7. The number of aryl methyl sites for hydroxylation is 1. The number of benzene rings is 3. The van der Waals surface area contributed by atoms with Gasteiger partial charge in [-0.05, 0) is 55.5 Å². The molecule has 1 fully saturated rings. The zero-order chi connectivity index (χ0) is 23.5.